The van der Waals surface area contributed by atoms with Crippen LogP contribution in [-0.2, 0) is 9.59 Å². The minimum absolute atomic E-state index is 0.0512. The molecule has 3 amide bonds. The van der Waals surface area contributed by atoms with Crippen LogP contribution in [0, 0.1) is 17.0 Å². The van der Waals surface area contributed by atoms with Gasteiger partial charge in [0.05, 0.1) is 10.2 Å². The first-order chi connectivity index (χ1) is 20.7. The summed E-state index contributed by atoms with van der Waals surface area (Å²) in [7, 11) is 0. The first-order valence-corrected chi connectivity index (χ1v) is 14.4. The molecule has 0 spiro atoms. The standard InChI is InChI=1S/C33H30N4O5S/c1-3-30(33(40)34-25-16-12-22(2)13-17-25)43-28-11-7-10-26(21-28)35-32(39)29(36-31(38)24-8-5-4-6-9-24)20-23-14-18-27(19-15-23)37(41)42/h4-21,30H,3H2,1-2H3,(H,34,40)(H,35,39)(H,36,38)/b29-20+. The van der Waals surface area contributed by atoms with Crippen molar-refractivity contribution in [2.45, 2.75) is 30.4 Å². The molecule has 0 fully saturated rings. The molecule has 4 aromatic carbocycles. The van der Waals surface area contributed by atoms with E-state index in [1.54, 1.807) is 48.5 Å². The fourth-order valence-electron chi connectivity index (χ4n) is 3.99. The number of thioether (sulfide) groups is 1. The maximum Gasteiger partial charge on any atom is 0.272 e. The highest BCUT2D eigenvalue weighted by Gasteiger charge is 2.19. The zero-order valence-electron chi connectivity index (χ0n) is 23.6. The lowest BCUT2D eigenvalue weighted by Gasteiger charge is -2.16. The SMILES string of the molecule is CCC(Sc1cccc(NC(=O)/C(=C\c2ccc([N+](=O)[O-])cc2)NC(=O)c2ccccc2)c1)C(=O)Nc1ccc(C)cc1. The van der Waals surface area contributed by atoms with Crippen molar-refractivity contribution in [1.29, 1.82) is 0 Å². The Bertz CT molecular complexity index is 1640. The smallest absolute Gasteiger partial charge is 0.272 e. The molecule has 0 aliphatic carbocycles. The number of non-ortho nitro benzene ring substituents is 1. The summed E-state index contributed by atoms with van der Waals surface area (Å²) in [5, 5.41) is 19.1. The number of nitrogens with one attached hydrogen (secondary N) is 3. The highest BCUT2D eigenvalue weighted by atomic mass is 32.2. The van der Waals surface area contributed by atoms with Gasteiger partial charge in [-0.05, 0) is 79.6 Å². The van der Waals surface area contributed by atoms with E-state index >= 15 is 0 Å². The fraction of sp³-hybridized carbons (Fsp3) is 0.121. The Labute approximate surface area is 253 Å². The number of benzene rings is 4. The molecule has 10 heteroatoms. The number of carbonyl (C=O) groups is 3. The second kappa shape index (κ2) is 14.6. The average molecular weight is 595 g/mol. The molecule has 43 heavy (non-hydrogen) atoms. The first kappa shape index (κ1) is 30.7. The minimum atomic E-state index is -0.589. The predicted octanol–water partition coefficient (Wildman–Crippen LogP) is 6.82. The molecule has 0 bridgehead atoms. The molecule has 1 atom stereocenters. The third-order valence-corrected chi connectivity index (χ3v) is 7.65. The molecule has 0 saturated carbocycles. The molecule has 218 valence electrons. The number of nitrogens with zero attached hydrogens (tertiary/aromatic N) is 1. The summed E-state index contributed by atoms with van der Waals surface area (Å²) in [6.07, 6.45) is 2.04. The number of anilines is 2. The van der Waals surface area contributed by atoms with Gasteiger partial charge < -0.3 is 16.0 Å². The van der Waals surface area contributed by atoms with Crippen LogP contribution in [0.1, 0.15) is 34.8 Å². The maximum absolute atomic E-state index is 13.4. The van der Waals surface area contributed by atoms with E-state index in [1.165, 1.54) is 42.1 Å². The highest BCUT2D eigenvalue weighted by Crippen LogP contribution is 2.29. The van der Waals surface area contributed by atoms with Gasteiger partial charge >= 0.3 is 0 Å². The fourth-order valence-corrected chi connectivity index (χ4v) is 5.01. The Morgan fingerprint density at radius 3 is 2.21 bits per heavy atom. The molecule has 4 aromatic rings. The summed E-state index contributed by atoms with van der Waals surface area (Å²) >= 11 is 1.38. The van der Waals surface area contributed by atoms with Crippen molar-refractivity contribution < 1.29 is 19.3 Å². The van der Waals surface area contributed by atoms with Gasteiger partial charge in [-0.25, -0.2) is 0 Å². The number of nitro benzene ring substituents is 1. The Balaban J connectivity index is 1.51. The van der Waals surface area contributed by atoms with E-state index < -0.39 is 16.7 Å². The lowest BCUT2D eigenvalue weighted by atomic mass is 10.1. The molecular formula is C33H30N4O5S. The van der Waals surface area contributed by atoms with Gasteiger partial charge in [0.15, 0.2) is 0 Å². The summed E-state index contributed by atoms with van der Waals surface area (Å²) in [4.78, 5) is 50.6. The number of carbonyl (C=O) groups excluding carboxylic acids is 3. The summed E-state index contributed by atoms with van der Waals surface area (Å²) in [5.74, 6) is -1.20. The third kappa shape index (κ3) is 8.88. The molecular weight excluding hydrogens is 564 g/mol. The van der Waals surface area contributed by atoms with Crippen molar-refractivity contribution in [3.05, 3.63) is 136 Å². The third-order valence-electron chi connectivity index (χ3n) is 6.30. The summed E-state index contributed by atoms with van der Waals surface area (Å²) in [6.45, 7) is 3.91. The number of nitro groups is 1. The number of rotatable bonds is 11. The van der Waals surface area contributed by atoms with Crippen LogP contribution >= 0.6 is 11.8 Å². The van der Waals surface area contributed by atoms with Crippen molar-refractivity contribution in [3.8, 4) is 0 Å². The van der Waals surface area contributed by atoms with Crippen molar-refractivity contribution in [2.75, 3.05) is 10.6 Å². The molecule has 3 N–H and O–H groups in total. The Kier molecular flexibility index (Phi) is 10.4. The number of hydrogen-bond donors (Lipinski definition) is 3. The molecule has 4 rings (SSSR count). The van der Waals surface area contributed by atoms with Crippen molar-refractivity contribution in [2.24, 2.45) is 0 Å². The van der Waals surface area contributed by atoms with E-state index in [0.29, 0.717) is 23.2 Å². The van der Waals surface area contributed by atoms with E-state index in [2.05, 4.69) is 16.0 Å². The molecule has 0 aromatic heterocycles. The Morgan fingerprint density at radius 1 is 0.860 bits per heavy atom. The summed E-state index contributed by atoms with van der Waals surface area (Å²) in [6, 6.07) is 28.7. The molecule has 0 saturated heterocycles. The zero-order valence-corrected chi connectivity index (χ0v) is 24.4. The molecule has 9 nitrogen and oxygen atoms in total. The second-order valence-corrected chi connectivity index (χ2v) is 10.9. The van der Waals surface area contributed by atoms with Gasteiger partial charge in [-0.15, -0.1) is 11.8 Å². The van der Waals surface area contributed by atoms with E-state index in [4.69, 9.17) is 0 Å². The van der Waals surface area contributed by atoms with Crippen LogP contribution in [0.5, 0.6) is 0 Å². The van der Waals surface area contributed by atoms with Crippen LogP contribution in [0.15, 0.2) is 114 Å². The van der Waals surface area contributed by atoms with E-state index in [9.17, 15) is 24.5 Å². The summed E-state index contributed by atoms with van der Waals surface area (Å²) < 4.78 is 0. The van der Waals surface area contributed by atoms with Crippen molar-refractivity contribution in [1.82, 2.24) is 5.32 Å². The van der Waals surface area contributed by atoms with Crippen molar-refractivity contribution in [3.63, 3.8) is 0 Å². The first-order valence-electron chi connectivity index (χ1n) is 13.5. The topological polar surface area (TPSA) is 130 Å². The molecule has 0 aliphatic heterocycles. The van der Waals surface area contributed by atoms with Crippen LogP contribution in [0.4, 0.5) is 17.1 Å². The normalized spacial score (nSPS) is 11.7. The van der Waals surface area contributed by atoms with Gasteiger partial charge in [-0.1, -0.05) is 48.9 Å². The highest BCUT2D eigenvalue weighted by molar-refractivity contribution is 8.00. The van der Waals surface area contributed by atoms with Gasteiger partial charge in [-0.3, -0.25) is 24.5 Å². The van der Waals surface area contributed by atoms with Crippen LogP contribution in [-0.4, -0.2) is 27.9 Å². The number of aryl methyl sites for hydroxylation is 1. The van der Waals surface area contributed by atoms with Gasteiger partial charge in [-0.2, -0.15) is 0 Å². The quantitative estimate of drug-likeness (QED) is 0.0756. The molecule has 1 unspecified atom stereocenters. The molecule has 0 heterocycles. The molecule has 0 radical (unpaired) electrons. The number of hydrogen-bond acceptors (Lipinski definition) is 6. The van der Waals surface area contributed by atoms with Crippen molar-refractivity contribution >= 4 is 52.6 Å². The average Bonchev–Trinajstić information content (AvgIpc) is 3.01. The monoisotopic (exact) mass is 594 g/mol. The van der Waals surface area contributed by atoms with Crippen LogP contribution < -0.4 is 16.0 Å². The minimum Gasteiger partial charge on any atom is -0.325 e. The molecule has 0 aliphatic rings. The largest absolute Gasteiger partial charge is 0.325 e. The lowest BCUT2D eigenvalue weighted by Crippen LogP contribution is -2.30. The van der Waals surface area contributed by atoms with E-state index in [1.807, 2.05) is 44.2 Å². The Morgan fingerprint density at radius 2 is 1.56 bits per heavy atom. The Hall–Kier alpha value is -5.22. The van der Waals surface area contributed by atoms with Gasteiger partial charge in [0.25, 0.3) is 17.5 Å². The van der Waals surface area contributed by atoms with Crippen LogP contribution in [0.2, 0.25) is 0 Å². The van der Waals surface area contributed by atoms with E-state index in [0.717, 1.165) is 16.1 Å². The van der Waals surface area contributed by atoms with Crippen LogP contribution in [0.3, 0.4) is 0 Å². The van der Waals surface area contributed by atoms with E-state index in [-0.39, 0.29) is 22.5 Å². The second-order valence-electron chi connectivity index (χ2n) is 9.58. The number of amides is 3. The maximum atomic E-state index is 13.4. The van der Waals surface area contributed by atoms with Gasteiger partial charge in [0.2, 0.25) is 5.91 Å². The zero-order chi connectivity index (χ0) is 30.8. The lowest BCUT2D eigenvalue weighted by molar-refractivity contribution is -0.384. The van der Waals surface area contributed by atoms with Gasteiger partial charge in [0, 0.05) is 34.0 Å². The predicted molar refractivity (Wildman–Crippen MR) is 170 cm³/mol. The van der Waals surface area contributed by atoms with Crippen LogP contribution in [0.25, 0.3) is 6.08 Å². The van der Waals surface area contributed by atoms with Gasteiger partial charge in [0.1, 0.15) is 5.70 Å². The summed E-state index contributed by atoms with van der Waals surface area (Å²) in [5.41, 5.74) is 2.99.